The van der Waals surface area contributed by atoms with E-state index < -0.39 is 0 Å². The van der Waals surface area contributed by atoms with Crippen molar-refractivity contribution < 1.29 is 4.79 Å². The van der Waals surface area contributed by atoms with Crippen molar-refractivity contribution in [2.75, 3.05) is 0 Å². The van der Waals surface area contributed by atoms with E-state index in [1.807, 2.05) is 24.4 Å². The van der Waals surface area contributed by atoms with Crippen molar-refractivity contribution in [3.63, 3.8) is 0 Å². The lowest BCUT2D eigenvalue weighted by Crippen LogP contribution is -2.64. The fourth-order valence-corrected chi connectivity index (χ4v) is 2.58. The monoisotopic (exact) mass is 258 g/mol. The average Bonchev–Trinajstić information content (AvgIpc) is 2.86. The van der Waals surface area contributed by atoms with Crippen LogP contribution < -0.4 is 11.1 Å². The molecule has 1 saturated carbocycles. The maximum absolute atomic E-state index is 12.4. The van der Waals surface area contributed by atoms with Crippen molar-refractivity contribution >= 4 is 11.4 Å². The molecule has 0 radical (unpaired) electrons. The van der Waals surface area contributed by atoms with Crippen molar-refractivity contribution in [3.8, 4) is 0 Å². The number of aromatic nitrogens is 2. The Labute approximate surface area is 111 Å². The summed E-state index contributed by atoms with van der Waals surface area (Å²) in [7, 11) is 0. The average molecular weight is 258 g/mol. The Morgan fingerprint density at radius 3 is 3.00 bits per heavy atom. The zero-order valence-corrected chi connectivity index (χ0v) is 11.1. The van der Waals surface area contributed by atoms with Crippen LogP contribution in [0.5, 0.6) is 0 Å². The molecule has 2 heterocycles. The lowest BCUT2D eigenvalue weighted by atomic mass is 9.63. The number of hydrogen-bond donors (Lipinski definition) is 2. The minimum atomic E-state index is -0.0592. The van der Waals surface area contributed by atoms with Crippen LogP contribution in [-0.4, -0.2) is 27.6 Å². The zero-order valence-electron chi connectivity index (χ0n) is 11.1. The van der Waals surface area contributed by atoms with Gasteiger partial charge in [0.1, 0.15) is 0 Å². The summed E-state index contributed by atoms with van der Waals surface area (Å²) < 4.78 is 1.70. The van der Waals surface area contributed by atoms with E-state index in [1.54, 1.807) is 10.7 Å². The molecule has 19 heavy (non-hydrogen) atoms. The number of nitrogens with one attached hydrogen (secondary N) is 1. The first-order chi connectivity index (χ1) is 9.00. The Morgan fingerprint density at radius 2 is 2.32 bits per heavy atom. The van der Waals surface area contributed by atoms with E-state index in [2.05, 4.69) is 24.3 Å². The summed E-state index contributed by atoms with van der Waals surface area (Å²) in [5, 5.41) is 7.21. The van der Waals surface area contributed by atoms with Crippen LogP contribution in [0, 0.1) is 5.41 Å². The van der Waals surface area contributed by atoms with E-state index in [9.17, 15) is 4.79 Å². The van der Waals surface area contributed by atoms with Crippen LogP contribution >= 0.6 is 0 Å². The standard InChI is InChI=1S/C14H18N4O/c1-14(2)11(15)8-12(14)17-13(19)9-4-3-7-18-10(9)5-6-16-18/h3-7,11-12H,8,15H2,1-2H3,(H,17,19). The summed E-state index contributed by atoms with van der Waals surface area (Å²) in [5.74, 6) is -0.0592. The van der Waals surface area contributed by atoms with Crippen LogP contribution in [0.1, 0.15) is 30.6 Å². The Bertz CT molecular complexity index is 631. The molecule has 5 heteroatoms. The van der Waals surface area contributed by atoms with Crippen LogP contribution in [0.25, 0.3) is 5.52 Å². The van der Waals surface area contributed by atoms with Gasteiger partial charge in [0.05, 0.1) is 17.3 Å². The Kier molecular flexibility index (Phi) is 2.60. The van der Waals surface area contributed by atoms with Gasteiger partial charge >= 0.3 is 0 Å². The molecule has 2 unspecified atom stereocenters. The van der Waals surface area contributed by atoms with Crippen molar-refractivity contribution in [2.45, 2.75) is 32.4 Å². The first-order valence-corrected chi connectivity index (χ1v) is 6.49. The van der Waals surface area contributed by atoms with E-state index in [0.717, 1.165) is 11.9 Å². The number of nitrogens with zero attached hydrogens (tertiary/aromatic N) is 2. The molecule has 0 aliphatic heterocycles. The topological polar surface area (TPSA) is 72.4 Å². The van der Waals surface area contributed by atoms with Gasteiger partial charge in [-0.2, -0.15) is 5.10 Å². The van der Waals surface area contributed by atoms with Gasteiger partial charge in [0.25, 0.3) is 5.91 Å². The molecule has 1 aliphatic rings. The highest BCUT2D eigenvalue weighted by Gasteiger charge is 2.46. The molecule has 0 saturated heterocycles. The van der Waals surface area contributed by atoms with Crippen LogP contribution in [0.15, 0.2) is 30.6 Å². The summed E-state index contributed by atoms with van der Waals surface area (Å²) in [5.41, 5.74) is 7.40. The Hall–Kier alpha value is -1.88. The summed E-state index contributed by atoms with van der Waals surface area (Å²) in [6, 6.07) is 5.78. The van der Waals surface area contributed by atoms with Crippen LogP contribution in [0.3, 0.4) is 0 Å². The highest BCUT2D eigenvalue weighted by Crippen LogP contribution is 2.39. The van der Waals surface area contributed by atoms with Gasteiger partial charge in [0.15, 0.2) is 0 Å². The van der Waals surface area contributed by atoms with Crippen LogP contribution in [0.4, 0.5) is 0 Å². The number of rotatable bonds is 2. The van der Waals surface area contributed by atoms with E-state index in [4.69, 9.17) is 5.73 Å². The third-order valence-electron chi connectivity index (χ3n) is 4.33. The number of hydrogen-bond acceptors (Lipinski definition) is 3. The maximum atomic E-state index is 12.4. The number of carbonyl (C=O) groups is 1. The van der Waals surface area contributed by atoms with Gasteiger partial charge in [0, 0.05) is 23.7 Å². The molecule has 100 valence electrons. The summed E-state index contributed by atoms with van der Waals surface area (Å²) in [6.45, 7) is 4.18. The lowest BCUT2D eigenvalue weighted by Gasteiger charge is -2.50. The molecule has 2 aromatic heterocycles. The van der Waals surface area contributed by atoms with E-state index in [1.165, 1.54) is 0 Å². The summed E-state index contributed by atoms with van der Waals surface area (Å²) in [4.78, 5) is 12.4. The predicted molar refractivity (Wildman–Crippen MR) is 72.8 cm³/mol. The van der Waals surface area contributed by atoms with Crippen molar-refractivity contribution in [3.05, 3.63) is 36.2 Å². The second kappa shape index (κ2) is 4.06. The lowest BCUT2D eigenvalue weighted by molar-refractivity contribution is 0.0587. The number of pyridine rings is 1. The first kappa shape index (κ1) is 12.2. The molecule has 1 amide bonds. The summed E-state index contributed by atoms with van der Waals surface area (Å²) in [6.07, 6.45) is 4.35. The van der Waals surface area contributed by atoms with Gasteiger partial charge in [0.2, 0.25) is 0 Å². The molecular weight excluding hydrogens is 240 g/mol. The number of amides is 1. The van der Waals surface area contributed by atoms with E-state index >= 15 is 0 Å². The molecule has 5 nitrogen and oxygen atoms in total. The highest BCUT2D eigenvalue weighted by atomic mass is 16.1. The van der Waals surface area contributed by atoms with Crippen molar-refractivity contribution in [2.24, 2.45) is 11.1 Å². The first-order valence-electron chi connectivity index (χ1n) is 6.49. The number of nitrogens with two attached hydrogens (primary N) is 1. The molecule has 3 rings (SSSR count). The minimum Gasteiger partial charge on any atom is -0.349 e. The van der Waals surface area contributed by atoms with Crippen LogP contribution in [-0.2, 0) is 0 Å². The molecule has 1 fully saturated rings. The van der Waals surface area contributed by atoms with Gasteiger partial charge in [-0.1, -0.05) is 13.8 Å². The third-order valence-corrected chi connectivity index (χ3v) is 4.33. The van der Waals surface area contributed by atoms with Crippen molar-refractivity contribution in [1.82, 2.24) is 14.9 Å². The largest absolute Gasteiger partial charge is 0.349 e. The van der Waals surface area contributed by atoms with E-state index in [-0.39, 0.29) is 23.4 Å². The Morgan fingerprint density at radius 1 is 1.53 bits per heavy atom. The third kappa shape index (κ3) is 1.81. The fourth-order valence-electron chi connectivity index (χ4n) is 2.58. The van der Waals surface area contributed by atoms with Gasteiger partial charge in [-0.05, 0) is 24.6 Å². The quantitative estimate of drug-likeness (QED) is 0.850. The SMILES string of the molecule is CC1(C)C(N)CC1NC(=O)c1cccn2nccc12. The van der Waals surface area contributed by atoms with E-state index in [0.29, 0.717) is 5.56 Å². The van der Waals surface area contributed by atoms with Gasteiger partial charge in [-0.25, -0.2) is 4.52 Å². The molecule has 0 bridgehead atoms. The number of fused-ring (bicyclic) bond motifs is 1. The summed E-state index contributed by atoms with van der Waals surface area (Å²) >= 11 is 0. The fraction of sp³-hybridized carbons (Fsp3) is 0.429. The molecule has 2 atom stereocenters. The van der Waals surface area contributed by atoms with Crippen molar-refractivity contribution in [1.29, 1.82) is 0 Å². The maximum Gasteiger partial charge on any atom is 0.253 e. The second-order valence-electron chi connectivity index (χ2n) is 5.77. The number of carbonyl (C=O) groups excluding carboxylic acids is 1. The normalized spacial score (nSPS) is 25.0. The minimum absolute atomic E-state index is 0.0407. The smallest absolute Gasteiger partial charge is 0.253 e. The molecule has 3 N–H and O–H groups in total. The van der Waals surface area contributed by atoms with Crippen LogP contribution in [0.2, 0.25) is 0 Å². The van der Waals surface area contributed by atoms with Gasteiger partial charge in [-0.15, -0.1) is 0 Å². The molecule has 2 aromatic rings. The predicted octanol–water partition coefficient (Wildman–Crippen LogP) is 1.19. The Balaban J connectivity index is 1.83. The molecule has 0 aromatic carbocycles. The molecule has 1 aliphatic carbocycles. The molecular formula is C14H18N4O. The highest BCUT2D eigenvalue weighted by molar-refractivity contribution is 6.00. The second-order valence-corrected chi connectivity index (χ2v) is 5.77. The van der Waals surface area contributed by atoms with Gasteiger partial charge < -0.3 is 11.1 Å². The molecule has 0 spiro atoms. The zero-order chi connectivity index (χ0) is 13.6. The van der Waals surface area contributed by atoms with Gasteiger partial charge in [-0.3, -0.25) is 4.79 Å².